The number of aryl methyl sites for hydroxylation is 1. The number of fused-ring (bicyclic) bond motifs is 1. The molecule has 2 aromatic heterocycles. The van der Waals surface area contributed by atoms with Gasteiger partial charge in [-0.1, -0.05) is 11.3 Å². The molecule has 3 aromatic rings. The van der Waals surface area contributed by atoms with Crippen molar-refractivity contribution in [3.05, 3.63) is 34.4 Å². The molecule has 8 nitrogen and oxygen atoms in total. The molecular weight excluding hydrogens is 392 g/mol. The number of hydrogen-bond donors (Lipinski definition) is 0. The molecule has 1 aromatic carbocycles. The van der Waals surface area contributed by atoms with Crippen molar-refractivity contribution in [2.24, 2.45) is 4.99 Å². The lowest BCUT2D eigenvalue weighted by atomic mass is 10.3. The van der Waals surface area contributed by atoms with Crippen molar-refractivity contribution in [1.29, 1.82) is 0 Å². The van der Waals surface area contributed by atoms with E-state index < -0.39 is 0 Å². The van der Waals surface area contributed by atoms with Crippen molar-refractivity contribution in [3.8, 4) is 11.5 Å². The molecule has 9 heteroatoms. The maximum absolute atomic E-state index is 12.8. The van der Waals surface area contributed by atoms with Crippen LogP contribution in [0.4, 0.5) is 0 Å². The van der Waals surface area contributed by atoms with Crippen LogP contribution in [0.3, 0.4) is 0 Å². The van der Waals surface area contributed by atoms with E-state index in [1.54, 1.807) is 27.4 Å². The van der Waals surface area contributed by atoms with Gasteiger partial charge in [-0.15, -0.1) is 0 Å². The van der Waals surface area contributed by atoms with E-state index >= 15 is 0 Å². The Morgan fingerprint density at radius 3 is 2.45 bits per heavy atom. The van der Waals surface area contributed by atoms with Gasteiger partial charge in [0.05, 0.1) is 31.0 Å². The highest BCUT2D eigenvalue weighted by atomic mass is 32.1. The van der Waals surface area contributed by atoms with Crippen LogP contribution in [0.25, 0.3) is 10.2 Å². The summed E-state index contributed by atoms with van der Waals surface area (Å²) in [6, 6.07) is 5.72. The number of benzene rings is 1. The fourth-order valence-electron chi connectivity index (χ4n) is 3.14. The summed E-state index contributed by atoms with van der Waals surface area (Å²) < 4.78 is 20.8. The predicted molar refractivity (Wildman–Crippen MR) is 112 cm³/mol. The summed E-state index contributed by atoms with van der Waals surface area (Å²) in [5.41, 5.74) is 2.17. The van der Waals surface area contributed by atoms with Crippen molar-refractivity contribution in [3.63, 3.8) is 0 Å². The summed E-state index contributed by atoms with van der Waals surface area (Å²) in [4.78, 5) is 17.8. The number of rotatable bonds is 7. The maximum Gasteiger partial charge on any atom is 0.300 e. The van der Waals surface area contributed by atoms with E-state index in [1.165, 1.54) is 11.3 Å². The van der Waals surface area contributed by atoms with Crippen LogP contribution in [0.1, 0.15) is 36.1 Å². The Bertz CT molecular complexity index is 1090. The second-order valence-electron chi connectivity index (χ2n) is 6.83. The van der Waals surface area contributed by atoms with Crippen molar-refractivity contribution in [2.75, 3.05) is 27.9 Å². The third-order valence-corrected chi connectivity index (χ3v) is 5.58. The quantitative estimate of drug-likeness (QED) is 0.589. The van der Waals surface area contributed by atoms with Crippen LogP contribution >= 0.6 is 11.3 Å². The van der Waals surface area contributed by atoms with Gasteiger partial charge in [-0.05, 0) is 26.8 Å². The van der Waals surface area contributed by atoms with Gasteiger partial charge in [-0.3, -0.25) is 9.48 Å². The molecule has 0 saturated heterocycles. The highest BCUT2D eigenvalue weighted by molar-refractivity contribution is 7.16. The lowest BCUT2D eigenvalue weighted by molar-refractivity contribution is 0.0991. The molecule has 29 heavy (non-hydrogen) atoms. The fourth-order valence-corrected chi connectivity index (χ4v) is 4.20. The first kappa shape index (κ1) is 21.1. The van der Waals surface area contributed by atoms with Gasteiger partial charge in [-0.2, -0.15) is 10.1 Å². The van der Waals surface area contributed by atoms with Gasteiger partial charge in [0.25, 0.3) is 5.91 Å². The van der Waals surface area contributed by atoms with Crippen LogP contribution < -0.4 is 14.3 Å². The van der Waals surface area contributed by atoms with Crippen LogP contribution in [0.5, 0.6) is 11.5 Å². The third kappa shape index (κ3) is 4.20. The van der Waals surface area contributed by atoms with Crippen LogP contribution in [-0.4, -0.2) is 48.2 Å². The zero-order valence-electron chi connectivity index (χ0n) is 17.6. The van der Waals surface area contributed by atoms with E-state index in [-0.39, 0.29) is 11.9 Å². The van der Waals surface area contributed by atoms with Gasteiger partial charge in [0.1, 0.15) is 0 Å². The molecule has 2 heterocycles. The Morgan fingerprint density at radius 1 is 1.17 bits per heavy atom. The second kappa shape index (κ2) is 8.79. The number of methoxy groups -OCH3 is 3. The van der Waals surface area contributed by atoms with E-state index in [0.29, 0.717) is 35.1 Å². The van der Waals surface area contributed by atoms with E-state index in [9.17, 15) is 4.79 Å². The molecule has 0 fully saturated rings. The van der Waals surface area contributed by atoms with Gasteiger partial charge < -0.3 is 18.8 Å². The fraction of sp³-hybridized carbons (Fsp3) is 0.450. The molecule has 1 amide bonds. The van der Waals surface area contributed by atoms with E-state index in [2.05, 4.69) is 10.1 Å². The predicted octanol–water partition coefficient (Wildman–Crippen LogP) is 3.19. The lowest BCUT2D eigenvalue weighted by Gasteiger charge is -2.09. The number of aromatic nitrogens is 3. The summed E-state index contributed by atoms with van der Waals surface area (Å²) in [5.74, 6) is 0.876. The average Bonchev–Trinajstić information content (AvgIpc) is 3.25. The minimum atomic E-state index is -0.371. The van der Waals surface area contributed by atoms with Gasteiger partial charge in [-0.25, -0.2) is 0 Å². The number of nitrogens with zero attached hydrogens (tertiary/aromatic N) is 4. The Morgan fingerprint density at radius 2 is 1.86 bits per heavy atom. The summed E-state index contributed by atoms with van der Waals surface area (Å²) in [5, 5.41) is 4.41. The Kier molecular flexibility index (Phi) is 6.39. The molecule has 0 aliphatic heterocycles. The zero-order valence-corrected chi connectivity index (χ0v) is 18.4. The van der Waals surface area contributed by atoms with E-state index in [4.69, 9.17) is 14.2 Å². The topological polar surface area (TPSA) is 79.9 Å². The third-order valence-electron chi connectivity index (χ3n) is 4.53. The van der Waals surface area contributed by atoms with Crippen LogP contribution in [0, 0.1) is 6.92 Å². The molecule has 0 N–H and O–H groups in total. The van der Waals surface area contributed by atoms with Crippen LogP contribution in [-0.2, 0) is 11.3 Å². The van der Waals surface area contributed by atoms with Gasteiger partial charge >= 0.3 is 0 Å². The zero-order chi connectivity index (χ0) is 21.1. The first-order chi connectivity index (χ1) is 13.9. The monoisotopic (exact) mass is 418 g/mol. The van der Waals surface area contributed by atoms with Gasteiger partial charge in [0, 0.05) is 37.5 Å². The molecule has 0 aliphatic carbocycles. The average molecular weight is 419 g/mol. The minimum absolute atomic E-state index is 0.174. The molecule has 0 saturated carbocycles. The summed E-state index contributed by atoms with van der Waals surface area (Å²) in [7, 11) is 4.83. The second-order valence-corrected chi connectivity index (χ2v) is 7.84. The van der Waals surface area contributed by atoms with Crippen molar-refractivity contribution < 1.29 is 19.0 Å². The first-order valence-corrected chi connectivity index (χ1v) is 10.1. The van der Waals surface area contributed by atoms with Crippen molar-refractivity contribution in [1.82, 2.24) is 14.3 Å². The molecule has 0 spiro atoms. The largest absolute Gasteiger partial charge is 0.493 e. The van der Waals surface area contributed by atoms with Crippen molar-refractivity contribution >= 4 is 27.5 Å². The van der Waals surface area contributed by atoms with Gasteiger partial charge in [0.2, 0.25) is 0 Å². The molecule has 3 rings (SSSR count). The first-order valence-electron chi connectivity index (χ1n) is 9.29. The molecule has 0 bridgehead atoms. The van der Waals surface area contributed by atoms with Crippen molar-refractivity contribution in [2.45, 2.75) is 33.4 Å². The normalized spacial score (nSPS) is 12.2. The molecular formula is C20H26N4O4S. The molecule has 0 unspecified atom stereocenters. The minimum Gasteiger partial charge on any atom is -0.493 e. The Hall–Kier alpha value is -2.65. The maximum atomic E-state index is 12.8. The molecule has 156 valence electrons. The highest BCUT2D eigenvalue weighted by Gasteiger charge is 2.16. The number of hydrogen-bond acceptors (Lipinski definition) is 6. The number of ether oxygens (including phenoxy) is 3. The number of carbonyl (C=O) groups excluding carboxylic acids is 1. The highest BCUT2D eigenvalue weighted by Crippen LogP contribution is 2.33. The SMILES string of the molecule is COCCn1c(=NC(=O)c2cc(C)n(C(C)C)n2)sc2cc(OC)c(OC)cc21. The summed E-state index contributed by atoms with van der Waals surface area (Å²) >= 11 is 1.41. The molecule has 0 atom stereocenters. The smallest absolute Gasteiger partial charge is 0.300 e. The number of amides is 1. The van der Waals surface area contributed by atoms with Crippen LogP contribution in [0.15, 0.2) is 23.2 Å². The van der Waals surface area contributed by atoms with Gasteiger partial charge in [0.15, 0.2) is 22.0 Å². The summed E-state index contributed by atoms with van der Waals surface area (Å²) in [6.07, 6.45) is 0. The number of carbonyl (C=O) groups is 1. The molecule has 0 radical (unpaired) electrons. The Balaban J connectivity index is 2.13. The summed E-state index contributed by atoms with van der Waals surface area (Å²) in [6.45, 7) is 7.02. The lowest BCUT2D eigenvalue weighted by Crippen LogP contribution is -2.19. The Labute approximate surface area is 173 Å². The molecule has 0 aliphatic rings. The van der Waals surface area contributed by atoms with E-state index in [0.717, 1.165) is 15.9 Å². The standard InChI is InChI=1S/C20H26N4O4S/c1-12(2)24-13(3)9-14(22-24)19(25)21-20-23(7-8-26-4)15-10-16(27-5)17(28-6)11-18(15)29-20/h9-12H,7-8H2,1-6H3. The number of thiazole rings is 1. The van der Waals surface area contributed by atoms with E-state index in [1.807, 2.05) is 42.2 Å². The van der Waals surface area contributed by atoms with Crippen LogP contribution in [0.2, 0.25) is 0 Å².